The van der Waals surface area contributed by atoms with Gasteiger partial charge in [-0.25, -0.2) is 0 Å². The molecule has 5 heteroatoms. The normalized spacial score (nSPS) is 21.4. The zero-order valence-electron chi connectivity index (χ0n) is 13.4. The molecule has 1 aromatic carbocycles. The predicted octanol–water partition coefficient (Wildman–Crippen LogP) is 1.15. The summed E-state index contributed by atoms with van der Waals surface area (Å²) < 4.78 is 10.5. The van der Waals surface area contributed by atoms with Crippen molar-refractivity contribution < 1.29 is 24.3 Å². The Balaban J connectivity index is 1.88. The van der Waals surface area contributed by atoms with Gasteiger partial charge in [0.15, 0.2) is 11.5 Å². The van der Waals surface area contributed by atoms with Crippen molar-refractivity contribution in [2.75, 3.05) is 26.3 Å². The van der Waals surface area contributed by atoms with Gasteiger partial charge >= 0.3 is 5.97 Å². The van der Waals surface area contributed by atoms with Gasteiger partial charge in [-0.3, -0.25) is 4.79 Å². The van der Waals surface area contributed by atoms with Gasteiger partial charge in [-0.1, -0.05) is 0 Å². The van der Waals surface area contributed by atoms with Gasteiger partial charge in [-0.2, -0.15) is 0 Å². The molecule has 0 atom stereocenters. The maximum atomic E-state index is 11.7. The van der Waals surface area contributed by atoms with Crippen LogP contribution < -0.4 is 9.64 Å². The Morgan fingerprint density at radius 2 is 2.00 bits per heavy atom. The minimum atomic E-state index is -0.0511. The van der Waals surface area contributed by atoms with Gasteiger partial charge in [0.2, 0.25) is 0 Å². The zero-order valence-corrected chi connectivity index (χ0v) is 13.4. The lowest BCUT2D eigenvalue weighted by Gasteiger charge is -2.28. The standard InChI is InChI=1S/C17H25NO4/c1-3-21-16-11-13(5-6-15(16)19)12-18-9-7-14(8-10-18)17(20)22-4-2/h5-6,11,14,19H,3-4,7-10,12H2,1-2H3/p+1. The van der Waals surface area contributed by atoms with Crippen LogP contribution in [0.15, 0.2) is 18.2 Å². The lowest BCUT2D eigenvalue weighted by Crippen LogP contribution is -3.11. The molecule has 1 heterocycles. The van der Waals surface area contributed by atoms with Crippen molar-refractivity contribution in [2.24, 2.45) is 5.92 Å². The fourth-order valence-electron chi connectivity index (χ4n) is 2.93. The van der Waals surface area contributed by atoms with E-state index in [2.05, 4.69) is 0 Å². The molecule has 0 spiro atoms. The summed E-state index contributed by atoms with van der Waals surface area (Å²) in [7, 11) is 0. The molecule has 0 unspecified atom stereocenters. The minimum absolute atomic E-state index is 0.0511. The SMILES string of the molecule is CCOC(=O)C1CC[NH+](Cc2ccc(O)c(OCC)c2)CC1. The van der Waals surface area contributed by atoms with Crippen LogP contribution in [0, 0.1) is 5.92 Å². The third kappa shape index (κ3) is 4.37. The highest BCUT2D eigenvalue weighted by atomic mass is 16.5. The van der Waals surface area contributed by atoms with E-state index < -0.39 is 0 Å². The molecule has 0 aromatic heterocycles. The molecule has 2 N–H and O–H groups in total. The third-order valence-electron chi connectivity index (χ3n) is 4.09. The number of phenolic OH excluding ortho intramolecular Hbond substituents is 1. The van der Waals surface area contributed by atoms with E-state index >= 15 is 0 Å². The molecule has 22 heavy (non-hydrogen) atoms. The summed E-state index contributed by atoms with van der Waals surface area (Å²) in [6.45, 7) is 7.56. The number of hydrogen-bond acceptors (Lipinski definition) is 4. The van der Waals surface area contributed by atoms with E-state index in [0.29, 0.717) is 19.0 Å². The van der Waals surface area contributed by atoms with Crippen LogP contribution in [0.3, 0.4) is 0 Å². The molecule has 5 nitrogen and oxygen atoms in total. The lowest BCUT2D eigenvalue weighted by atomic mass is 9.96. The Bertz CT molecular complexity index is 495. The molecule has 122 valence electrons. The fraction of sp³-hybridized carbons (Fsp3) is 0.588. The van der Waals surface area contributed by atoms with Crippen LogP contribution in [-0.4, -0.2) is 37.4 Å². The molecule has 1 aromatic rings. The van der Waals surface area contributed by atoms with Crippen LogP contribution in [-0.2, 0) is 16.1 Å². The number of esters is 1. The number of aromatic hydroxyl groups is 1. The van der Waals surface area contributed by atoms with Crippen LogP contribution in [0.25, 0.3) is 0 Å². The van der Waals surface area contributed by atoms with E-state index in [0.717, 1.165) is 38.0 Å². The number of rotatable bonds is 6. The molecular weight excluding hydrogens is 282 g/mol. The molecular formula is C17H26NO4+. The van der Waals surface area contributed by atoms with Gasteiger partial charge in [0.25, 0.3) is 0 Å². The quantitative estimate of drug-likeness (QED) is 0.774. The Labute approximate surface area is 131 Å². The largest absolute Gasteiger partial charge is 0.504 e. The van der Waals surface area contributed by atoms with Gasteiger partial charge in [-0.15, -0.1) is 0 Å². The second-order valence-corrected chi connectivity index (χ2v) is 5.69. The zero-order chi connectivity index (χ0) is 15.9. The molecule has 1 aliphatic rings. The van der Waals surface area contributed by atoms with Crippen molar-refractivity contribution in [3.8, 4) is 11.5 Å². The van der Waals surface area contributed by atoms with E-state index in [4.69, 9.17) is 9.47 Å². The first-order valence-corrected chi connectivity index (χ1v) is 8.08. The molecule has 0 saturated carbocycles. The van der Waals surface area contributed by atoms with Gasteiger partial charge in [-0.05, 0) is 32.0 Å². The number of quaternary nitrogens is 1. The van der Waals surface area contributed by atoms with Crippen molar-refractivity contribution in [1.29, 1.82) is 0 Å². The topological polar surface area (TPSA) is 60.2 Å². The maximum absolute atomic E-state index is 11.7. The van der Waals surface area contributed by atoms with E-state index in [1.54, 1.807) is 6.07 Å². The summed E-state index contributed by atoms with van der Waals surface area (Å²) in [5.41, 5.74) is 1.14. The Morgan fingerprint density at radius 1 is 1.27 bits per heavy atom. The summed E-state index contributed by atoms with van der Waals surface area (Å²) in [5.74, 6) is 0.731. The number of ether oxygens (including phenoxy) is 2. The monoisotopic (exact) mass is 308 g/mol. The molecule has 1 aliphatic heterocycles. The van der Waals surface area contributed by atoms with Crippen molar-refractivity contribution >= 4 is 5.97 Å². The highest BCUT2D eigenvalue weighted by Gasteiger charge is 2.28. The van der Waals surface area contributed by atoms with Crippen LogP contribution in [0.2, 0.25) is 0 Å². The summed E-state index contributed by atoms with van der Waals surface area (Å²) in [4.78, 5) is 13.2. The van der Waals surface area contributed by atoms with Gasteiger partial charge in [0.05, 0.1) is 32.2 Å². The average Bonchev–Trinajstić information content (AvgIpc) is 2.52. The number of phenols is 1. The molecule has 0 amide bonds. The Morgan fingerprint density at radius 3 is 2.64 bits per heavy atom. The second kappa shape index (κ2) is 8.03. The van der Waals surface area contributed by atoms with E-state index in [-0.39, 0.29) is 17.6 Å². The molecule has 2 rings (SSSR count). The average molecular weight is 308 g/mol. The molecule has 0 radical (unpaired) electrons. The van der Waals surface area contributed by atoms with E-state index in [1.807, 2.05) is 26.0 Å². The third-order valence-corrected chi connectivity index (χ3v) is 4.09. The number of carbonyl (C=O) groups is 1. The highest BCUT2D eigenvalue weighted by molar-refractivity contribution is 5.72. The first-order valence-electron chi connectivity index (χ1n) is 8.08. The van der Waals surface area contributed by atoms with Crippen LogP contribution in [0.5, 0.6) is 11.5 Å². The summed E-state index contributed by atoms with van der Waals surface area (Å²) in [6, 6.07) is 5.52. The van der Waals surface area contributed by atoms with Crippen LogP contribution in [0.4, 0.5) is 0 Å². The molecule has 1 saturated heterocycles. The van der Waals surface area contributed by atoms with Crippen molar-refractivity contribution in [1.82, 2.24) is 0 Å². The van der Waals surface area contributed by atoms with Crippen LogP contribution in [0.1, 0.15) is 32.3 Å². The smallest absolute Gasteiger partial charge is 0.309 e. The van der Waals surface area contributed by atoms with Gasteiger partial charge in [0.1, 0.15) is 6.54 Å². The van der Waals surface area contributed by atoms with Crippen molar-refractivity contribution in [3.05, 3.63) is 23.8 Å². The summed E-state index contributed by atoms with van der Waals surface area (Å²) in [6.07, 6.45) is 1.76. The van der Waals surface area contributed by atoms with Crippen molar-refractivity contribution in [2.45, 2.75) is 33.2 Å². The lowest BCUT2D eigenvalue weighted by molar-refractivity contribution is -0.919. The number of hydrogen-bond donors (Lipinski definition) is 2. The minimum Gasteiger partial charge on any atom is -0.504 e. The molecule has 0 bridgehead atoms. The summed E-state index contributed by atoms with van der Waals surface area (Å²) in [5, 5.41) is 9.74. The second-order valence-electron chi connectivity index (χ2n) is 5.69. The van der Waals surface area contributed by atoms with Crippen molar-refractivity contribution in [3.63, 3.8) is 0 Å². The number of benzene rings is 1. The summed E-state index contributed by atoms with van der Waals surface area (Å²) >= 11 is 0. The number of nitrogens with one attached hydrogen (secondary N) is 1. The molecule has 0 aliphatic carbocycles. The van der Waals surface area contributed by atoms with Gasteiger partial charge < -0.3 is 19.5 Å². The fourth-order valence-corrected chi connectivity index (χ4v) is 2.93. The predicted molar refractivity (Wildman–Crippen MR) is 83.0 cm³/mol. The van der Waals surface area contributed by atoms with Gasteiger partial charge in [0, 0.05) is 18.4 Å². The Hall–Kier alpha value is -1.75. The highest BCUT2D eigenvalue weighted by Crippen LogP contribution is 2.26. The number of likely N-dealkylation sites (tertiary alicyclic amines) is 1. The number of carbonyl (C=O) groups excluding carboxylic acids is 1. The Kier molecular flexibility index (Phi) is 6.07. The molecule has 1 fully saturated rings. The van der Waals surface area contributed by atoms with Crippen LogP contribution >= 0.6 is 0 Å². The number of piperidine rings is 1. The maximum Gasteiger partial charge on any atom is 0.309 e. The first kappa shape index (κ1) is 16.6. The van der Waals surface area contributed by atoms with E-state index in [9.17, 15) is 9.90 Å². The van der Waals surface area contributed by atoms with E-state index in [1.165, 1.54) is 4.90 Å². The first-order chi connectivity index (χ1) is 10.6.